The van der Waals surface area contributed by atoms with Crippen LogP contribution in [0.1, 0.15) is 33.3 Å². The van der Waals surface area contributed by atoms with Crippen molar-refractivity contribution in [1.82, 2.24) is 10.2 Å². The van der Waals surface area contributed by atoms with Crippen molar-refractivity contribution in [3.05, 3.63) is 59.9 Å². The molecule has 1 unspecified atom stereocenters. The van der Waals surface area contributed by atoms with Gasteiger partial charge in [0.25, 0.3) is 0 Å². The topological polar surface area (TPSA) is 91.4 Å². The Labute approximate surface area is 227 Å². The molecule has 4 atom stereocenters. The summed E-state index contributed by atoms with van der Waals surface area (Å²) in [5.41, 5.74) is 1.32. The highest BCUT2D eigenvalue weighted by Crippen LogP contribution is 2.51. The maximum Gasteiger partial charge on any atom is 0.414 e. The third-order valence-corrected chi connectivity index (χ3v) is 7.37. The highest BCUT2D eigenvalue weighted by Gasteiger charge is 2.60. The predicted octanol–water partition coefficient (Wildman–Crippen LogP) is 4.16. The van der Waals surface area contributed by atoms with E-state index in [-0.39, 0.29) is 43.0 Å². The van der Waals surface area contributed by atoms with E-state index in [4.69, 9.17) is 9.47 Å². The first-order valence-electron chi connectivity index (χ1n) is 13.3. The van der Waals surface area contributed by atoms with Crippen molar-refractivity contribution in [3.63, 3.8) is 0 Å². The van der Waals surface area contributed by atoms with E-state index in [1.54, 1.807) is 12.1 Å². The van der Waals surface area contributed by atoms with E-state index >= 15 is 4.39 Å². The summed E-state index contributed by atoms with van der Waals surface area (Å²) in [6.45, 7) is 9.14. The second-order valence-corrected chi connectivity index (χ2v) is 11.5. The summed E-state index contributed by atoms with van der Waals surface area (Å²) in [5, 5.41) is 2.63. The average Bonchev–Trinajstić information content (AvgIpc) is 3.17. The molecule has 9 nitrogen and oxygen atoms in total. The maximum absolute atomic E-state index is 15.3. The van der Waals surface area contributed by atoms with E-state index in [1.165, 1.54) is 17.9 Å². The Bertz CT molecular complexity index is 1240. The number of carbonyl (C=O) groups is 3. The van der Waals surface area contributed by atoms with Crippen LogP contribution in [-0.2, 0) is 20.8 Å². The SMILES string of the molecule is CC(=O)NC[C@H]1CN(c2ccc(N3C[C@@H]4C(N(Cc5ccccc5)C(=O)OC(C)(C)C)[C@@H]4C3)c(F)c2)C(=O)O1. The molecule has 3 fully saturated rings. The summed E-state index contributed by atoms with van der Waals surface area (Å²) in [7, 11) is 0. The molecule has 2 aromatic rings. The summed E-state index contributed by atoms with van der Waals surface area (Å²) in [6, 6.07) is 14.6. The third kappa shape index (κ3) is 5.94. The van der Waals surface area contributed by atoms with Gasteiger partial charge in [-0.05, 0) is 44.5 Å². The highest BCUT2D eigenvalue weighted by molar-refractivity contribution is 5.90. The Morgan fingerprint density at radius 2 is 1.79 bits per heavy atom. The van der Waals surface area contributed by atoms with E-state index in [0.29, 0.717) is 31.0 Å². The van der Waals surface area contributed by atoms with Gasteiger partial charge in [-0.25, -0.2) is 14.0 Å². The second kappa shape index (κ2) is 10.4. The minimum atomic E-state index is -0.599. The van der Waals surface area contributed by atoms with Crippen molar-refractivity contribution >= 4 is 29.5 Å². The van der Waals surface area contributed by atoms with Crippen LogP contribution < -0.4 is 15.1 Å². The Balaban J connectivity index is 1.24. The zero-order valence-electron chi connectivity index (χ0n) is 22.7. The number of rotatable bonds is 7. The first-order valence-corrected chi connectivity index (χ1v) is 13.3. The number of hydrogen-bond donors (Lipinski definition) is 1. The first kappa shape index (κ1) is 26.8. The molecule has 0 radical (unpaired) electrons. The van der Waals surface area contributed by atoms with Gasteiger partial charge in [-0.2, -0.15) is 0 Å². The molecule has 5 rings (SSSR count). The molecule has 0 aromatic heterocycles. The fourth-order valence-corrected chi connectivity index (χ4v) is 5.56. The van der Waals surface area contributed by atoms with Gasteiger partial charge in [0.1, 0.15) is 17.5 Å². The smallest absolute Gasteiger partial charge is 0.414 e. The summed E-state index contributed by atoms with van der Waals surface area (Å²) in [5.74, 6) is -0.177. The number of carbonyl (C=O) groups excluding carboxylic acids is 3. The molecule has 2 aromatic carbocycles. The maximum atomic E-state index is 15.3. The Kier molecular flexibility index (Phi) is 7.13. The number of piperidine rings is 1. The van der Waals surface area contributed by atoms with Crippen LogP contribution in [0, 0.1) is 17.7 Å². The lowest BCUT2D eigenvalue weighted by Crippen LogP contribution is -2.41. The van der Waals surface area contributed by atoms with E-state index in [0.717, 1.165) is 5.56 Å². The monoisotopic (exact) mass is 538 g/mol. The van der Waals surface area contributed by atoms with Crippen LogP contribution in [0.25, 0.3) is 0 Å². The third-order valence-electron chi connectivity index (χ3n) is 7.37. The summed E-state index contributed by atoms with van der Waals surface area (Å²) < 4.78 is 26.3. The number of nitrogens with one attached hydrogen (secondary N) is 1. The molecule has 0 spiro atoms. The van der Waals surface area contributed by atoms with Gasteiger partial charge in [-0.3, -0.25) is 9.69 Å². The van der Waals surface area contributed by atoms with Crippen LogP contribution in [0.5, 0.6) is 0 Å². The second-order valence-electron chi connectivity index (χ2n) is 11.5. The molecule has 1 aliphatic carbocycles. The van der Waals surface area contributed by atoms with Crippen LogP contribution in [0.2, 0.25) is 0 Å². The zero-order valence-corrected chi connectivity index (χ0v) is 22.7. The van der Waals surface area contributed by atoms with Crippen LogP contribution >= 0.6 is 0 Å². The van der Waals surface area contributed by atoms with E-state index in [1.807, 2.05) is 60.9 Å². The normalized spacial score (nSPS) is 23.8. The van der Waals surface area contributed by atoms with Gasteiger partial charge in [0.05, 0.1) is 24.5 Å². The van der Waals surface area contributed by atoms with Gasteiger partial charge in [-0.1, -0.05) is 30.3 Å². The molecular formula is C29H35FN4O5. The molecule has 3 aliphatic rings. The first-order chi connectivity index (χ1) is 18.5. The molecule has 39 heavy (non-hydrogen) atoms. The fourth-order valence-electron chi connectivity index (χ4n) is 5.56. The average molecular weight is 539 g/mol. The van der Waals surface area contributed by atoms with Crippen molar-refractivity contribution < 1.29 is 28.2 Å². The number of anilines is 2. The van der Waals surface area contributed by atoms with Gasteiger partial charge in [0.2, 0.25) is 5.91 Å². The molecule has 0 bridgehead atoms. The van der Waals surface area contributed by atoms with Crippen molar-refractivity contribution in [2.75, 3.05) is 36.0 Å². The number of benzene rings is 2. The van der Waals surface area contributed by atoms with Crippen LogP contribution in [-0.4, -0.2) is 66.9 Å². The minimum absolute atomic E-state index is 0.0403. The molecule has 208 valence electrons. The highest BCUT2D eigenvalue weighted by atomic mass is 19.1. The minimum Gasteiger partial charge on any atom is -0.444 e. The number of ether oxygens (including phenoxy) is 2. The molecule has 1 saturated carbocycles. The van der Waals surface area contributed by atoms with Gasteiger partial charge >= 0.3 is 12.2 Å². The predicted molar refractivity (Wildman–Crippen MR) is 144 cm³/mol. The van der Waals surface area contributed by atoms with Crippen molar-refractivity contribution in [2.24, 2.45) is 11.8 Å². The molecule has 2 aliphatic heterocycles. The molecule has 2 heterocycles. The van der Waals surface area contributed by atoms with Crippen molar-refractivity contribution in [3.8, 4) is 0 Å². The summed E-state index contributed by atoms with van der Waals surface area (Å²) >= 11 is 0. The quantitative estimate of drug-likeness (QED) is 0.569. The fraction of sp³-hybridized carbons (Fsp3) is 0.483. The number of cyclic esters (lactones) is 1. The number of nitrogens with zero attached hydrogens (tertiary/aromatic N) is 3. The Hall–Kier alpha value is -3.82. The Morgan fingerprint density at radius 3 is 2.41 bits per heavy atom. The molecule has 1 N–H and O–H groups in total. The standard InChI is InChI=1S/C29H35FN4O5/c1-18(35)31-13-21-15-33(27(36)38-21)20-10-11-25(24(30)12-20)32-16-22-23(17-32)26(22)34(28(37)39-29(2,3)4)14-19-8-6-5-7-9-19/h5-12,21-23,26H,13-17H2,1-4H3,(H,31,35)/t21-,22-,23+,26?/m0/s1. The Morgan fingerprint density at radius 1 is 1.10 bits per heavy atom. The molecule has 10 heteroatoms. The van der Waals surface area contributed by atoms with Crippen molar-refractivity contribution in [1.29, 1.82) is 0 Å². The van der Waals surface area contributed by atoms with E-state index in [2.05, 4.69) is 5.32 Å². The van der Waals surface area contributed by atoms with Gasteiger partial charge in [-0.15, -0.1) is 0 Å². The summed E-state index contributed by atoms with van der Waals surface area (Å²) in [6.07, 6.45) is -1.39. The van der Waals surface area contributed by atoms with E-state index < -0.39 is 23.6 Å². The largest absolute Gasteiger partial charge is 0.444 e. The number of amides is 3. The molecule has 3 amide bonds. The van der Waals surface area contributed by atoms with Crippen LogP contribution in [0.15, 0.2) is 48.5 Å². The van der Waals surface area contributed by atoms with Gasteiger partial charge in [0, 0.05) is 44.4 Å². The van der Waals surface area contributed by atoms with E-state index in [9.17, 15) is 14.4 Å². The van der Waals surface area contributed by atoms with Gasteiger partial charge < -0.3 is 24.6 Å². The summed E-state index contributed by atoms with van der Waals surface area (Å²) in [4.78, 5) is 41.8. The van der Waals surface area contributed by atoms with Crippen LogP contribution in [0.4, 0.5) is 25.4 Å². The number of hydrogen-bond acceptors (Lipinski definition) is 6. The lowest BCUT2D eigenvalue weighted by Gasteiger charge is -2.31. The van der Waals surface area contributed by atoms with Crippen LogP contribution in [0.3, 0.4) is 0 Å². The lowest BCUT2D eigenvalue weighted by molar-refractivity contribution is -0.119. The lowest BCUT2D eigenvalue weighted by atomic mass is 10.2. The number of halogens is 1. The van der Waals surface area contributed by atoms with Gasteiger partial charge in [0.15, 0.2) is 0 Å². The van der Waals surface area contributed by atoms with Crippen molar-refractivity contribution in [2.45, 2.75) is 52.0 Å². The number of fused-ring (bicyclic) bond motifs is 1. The molecule has 2 saturated heterocycles. The molecular weight excluding hydrogens is 503 g/mol. The zero-order chi connectivity index (χ0) is 27.9.